The zero-order valence-corrected chi connectivity index (χ0v) is 38.2. The van der Waals surface area contributed by atoms with Crippen molar-refractivity contribution in [3.8, 4) is 0 Å². The van der Waals surface area contributed by atoms with Gasteiger partial charge >= 0.3 is 52.6 Å². The molecule has 0 saturated carbocycles. The van der Waals surface area contributed by atoms with Crippen molar-refractivity contribution in [3.05, 3.63) is 0 Å². The molecule has 0 saturated heterocycles. The fraction of sp³-hybridized carbons (Fsp3) is 0.848. The summed E-state index contributed by atoms with van der Waals surface area (Å²) in [7, 11) is -10.6. The van der Waals surface area contributed by atoms with Gasteiger partial charge in [-0.15, -0.1) is 0 Å². The Morgan fingerprint density at radius 3 is 0.847 bits per heavy atom. The van der Waals surface area contributed by atoms with E-state index < -0.39 is 95.4 Å². The second kappa shape index (κ2) is 36.3. The molecule has 0 aliphatic heterocycles. The normalized spacial score (nSPS) is 14.9. The van der Waals surface area contributed by atoms with Crippen LogP contribution in [0.25, 0.3) is 0 Å². The first-order chi connectivity index (χ1) is 27.3. The highest BCUT2D eigenvalue weighted by Gasteiger charge is 2.28. The number of ether oxygens (including phenoxy) is 5. The molecule has 0 bridgehead atoms. The lowest BCUT2D eigenvalue weighted by Gasteiger charge is -2.19. The molecule has 0 aliphatic carbocycles. The lowest BCUT2D eigenvalue weighted by atomic mass is 10.2. The van der Waals surface area contributed by atoms with E-state index in [1.165, 1.54) is 6.66 Å². The van der Waals surface area contributed by atoms with Gasteiger partial charge in [0.05, 0.1) is 97.7 Å². The predicted molar refractivity (Wildman–Crippen MR) is 209 cm³/mol. The quantitative estimate of drug-likeness (QED) is 0.0405. The maximum Gasteiger partial charge on any atom is 0.327 e. The van der Waals surface area contributed by atoms with Crippen LogP contribution >= 0.6 is 22.8 Å². The Morgan fingerprint density at radius 2 is 0.627 bits per heavy atom. The van der Waals surface area contributed by atoms with Crippen molar-refractivity contribution in [1.29, 1.82) is 0 Å². The van der Waals surface area contributed by atoms with Gasteiger partial charge in [-0.1, -0.05) is 0 Å². The third kappa shape index (κ3) is 38.3. The standard InChI is InChI=1S/C13H25O9P.C13H25O7P.C6H12O4.CH5O3P/c1-4-19-12(16)10(6-14)8-21-23(3,18)22-9-11(7-15)13(17)20-5-2;1-6-17-12(14)10(3)8-19-21(5,16)20-9-11(4)13(15)18-7-2;1-2-10-6(9)5(3-7)4-8;1-5(2,3)4/h10-11,14-15H,4-9H2,1-3H3;10-11H,6-9H2,1-5H3;5,7-8H,2-4H2,1H3;1H3,(H2,2,3,4). The number of aliphatic hydroxyl groups excluding tert-OH is 4. The summed E-state index contributed by atoms with van der Waals surface area (Å²) in [5.74, 6) is -6.54. The zero-order chi connectivity index (χ0) is 46.8. The monoisotopic (exact) mass is 924 g/mol. The van der Waals surface area contributed by atoms with Gasteiger partial charge in [0.1, 0.15) is 17.8 Å². The molecule has 4 unspecified atom stereocenters. The number of hydrogen-bond acceptors (Lipinski definition) is 21. The summed E-state index contributed by atoms with van der Waals surface area (Å²) in [4.78, 5) is 71.7. The van der Waals surface area contributed by atoms with Gasteiger partial charge in [-0.3, -0.25) is 37.7 Å². The first kappa shape index (κ1) is 63.3. The highest BCUT2D eigenvalue weighted by Crippen LogP contribution is 2.45. The van der Waals surface area contributed by atoms with Crippen LogP contribution in [-0.4, -0.2) is 166 Å². The lowest BCUT2D eigenvalue weighted by molar-refractivity contribution is -0.152. The van der Waals surface area contributed by atoms with Crippen LogP contribution in [0.2, 0.25) is 0 Å². The molecule has 0 heterocycles. The van der Waals surface area contributed by atoms with Gasteiger partial charge in [-0.05, 0) is 48.5 Å². The first-order valence-corrected chi connectivity index (χ1v) is 24.4. The molecule has 0 aromatic heterocycles. The maximum absolute atomic E-state index is 12.1. The summed E-state index contributed by atoms with van der Waals surface area (Å²) >= 11 is 0. The number of rotatable bonds is 26. The highest BCUT2D eigenvalue weighted by atomic mass is 31.2. The zero-order valence-electron chi connectivity index (χ0n) is 35.5. The molecule has 0 spiro atoms. The summed E-state index contributed by atoms with van der Waals surface area (Å²) in [6.45, 7) is 13.3. The number of aliphatic hydroxyl groups is 4. The van der Waals surface area contributed by atoms with Crippen molar-refractivity contribution < 1.29 is 110 Å². The molecule has 23 nitrogen and oxygen atoms in total. The number of carbonyl (C=O) groups is 5. The SMILES string of the molecule is CCOC(=O)C(C)COP(C)(=O)OCC(C)C(=O)OCC.CCOC(=O)C(CO)CO.CCOC(=O)C(CO)COP(C)(=O)OCC(CO)C(=O)OCC.CP(=O)(O)O. The minimum atomic E-state index is -3.64. The van der Waals surface area contributed by atoms with E-state index in [2.05, 4.69) is 4.74 Å². The van der Waals surface area contributed by atoms with E-state index in [4.69, 9.17) is 67.3 Å². The Kier molecular flexibility index (Phi) is 38.9. The number of esters is 5. The van der Waals surface area contributed by atoms with Crippen molar-refractivity contribution in [2.45, 2.75) is 48.5 Å². The minimum Gasteiger partial charge on any atom is -0.466 e. The summed E-state index contributed by atoms with van der Waals surface area (Å²) in [5.41, 5.74) is 0. The molecule has 0 aliphatic rings. The molecule has 0 radical (unpaired) electrons. The molecule has 0 aromatic rings. The molecule has 4 atom stereocenters. The number of hydrogen-bond donors (Lipinski definition) is 6. The van der Waals surface area contributed by atoms with Gasteiger partial charge in [0, 0.05) is 20.0 Å². The van der Waals surface area contributed by atoms with Crippen molar-refractivity contribution in [2.75, 3.05) is 106 Å². The van der Waals surface area contributed by atoms with E-state index in [0.717, 1.165) is 13.3 Å². The maximum atomic E-state index is 12.1. The first-order valence-electron chi connectivity index (χ1n) is 18.3. The fourth-order valence-corrected chi connectivity index (χ4v) is 5.14. The molecule has 352 valence electrons. The third-order valence-corrected chi connectivity index (χ3v) is 8.73. The molecule has 26 heteroatoms. The van der Waals surface area contributed by atoms with Crippen molar-refractivity contribution >= 4 is 52.6 Å². The smallest absolute Gasteiger partial charge is 0.327 e. The minimum absolute atomic E-state index is 0.0690. The average molecular weight is 925 g/mol. The van der Waals surface area contributed by atoms with Gasteiger partial charge in [0.15, 0.2) is 0 Å². The van der Waals surface area contributed by atoms with E-state index in [1.807, 2.05) is 0 Å². The van der Waals surface area contributed by atoms with Gasteiger partial charge in [0.2, 0.25) is 0 Å². The summed E-state index contributed by atoms with van der Waals surface area (Å²) in [5, 5.41) is 35.1. The van der Waals surface area contributed by atoms with Gasteiger partial charge < -0.3 is 72.0 Å². The predicted octanol–water partition coefficient (Wildman–Crippen LogP) is 1.37. The molecule has 59 heavy (non-hydrogen) atoms. The Morgan fingerprint density at radius 1 is 0.424 bits per heavy atom. The van der Waals surface area contributed by atoms with Crippen LogP contribution in [0.4, 0.5) is 0 Å². The molecule has 6 N–H and O–H groups in total. The molecular weight excluding hydrogens is 857 g/mol. The second-order valence-corrected chi connectivity index (χ2v) is 17.7. The van der Waals surface area contributed by atoms with Gasteiger partial charge in [-0.25, -0.2) is 0 Å². The fourth-order valence-electron chi connectivity index (χ4n) is 3.10. The summed E-state index contributed by atoms with van der Waals surface area (Å²) < 4.78 is 77.4. The molecule has 0 fully saturated rings. The lowest BCUT2D eigenvalue weighted by Crippen LogP contribution is -2.27. The molecule has 0 aromatic carbocycles. The summed E-state index contributed by atoms with van der Waals surface area (Å²) in [6.07, 6.45) is 0. The Labute approximate surface area is 345 Å². The molecule has 0 rings (SSSR count). The van der Waals surface area contributed by atoms with Gasteiger partial charge in [-0.2, -0.15) is 0 Å². The van der Waals surface area contributed by atoms with Crippen LogP contribution in [0.15, 0.2) is 0 Å². The molecule has 0 amide bonds. The van der Waals surface area contributed by atoms with Crippen LogP contribution in [0.3, 0.4) is 0 Å². The van der Waals surface area contributed by atoms with E-state index in [0.29, 0.717) is 0 Å². The van der Waals surface area contributed by atoms with Gasteiger partial charge in [0.25, 0.3) is 0 Å². The van der Waals surface area contributed by atoms with E-state index in [1.54, 1.807) is 48.5 Å². The third-order valence-electron chi connectivity index (χ3n) is 6.26. The second-order valence-electron chi connectivity index (χ2n) is 11.9. The van der Waals surface area contributed by atoms with E-state index >= 15 is 0 Å². The van der Waals surface area contributed by atoms with Crippen molar-refractivity contribution in [2.24, 2.45) is 29.6 Å². The Hall–Kier alpha value is -2.36. The van der Waals surface area contributed by atoms with Crippen LogP contribution in [0.1, 0.15) is 48.5 Å². The van der Waals surface area contributed by atoms with Crippen molar-refractivity contribution in [3.63, 3.8) is 0 Å². The van der Waals surface area contributed by atoms with Crippen LogP contribution in [0.5, 0.6) is 0 Å². The number of carbonyl (C=O) groups excluding carboxylic acids is 5. The Bertz CT molecular complexity index is 1230. The average Bonchev–Trinajstić information content (AvgIpc) is 3.14. The van der Waals surface area contributed by atoms with Crippen LogP contribution < -0.4 is 0 Å². The largest absolute Gasteiger partial charge is 0.466 e. The molecular formula is C33H67O23P3. The van der Waals surface area contributed by atoms with Crippen LogP contribution in [0, 0.1) is 29.6 Å². The van der Waals surface area contributed by atoms with E-state index in [-0.39, 0.29) is 72.7 Å². The Balaban J connectivity index is -0.000000384. The summed E-state index contributed by atoms with van der Waals surface area (Å²) in [6, 6.07) is 0. The topological polar surface area (TPSA) is 341 Å². The van der Waals surface area contributed by atoms with Crippen molar-refractivity contribution in [1.82, 2.24) is 0 Å². The highest BCUT2D eigenvalue weighted by molar-refractivity contribution is 7.53. The van der Waals surface area contributed by atoms with Crippen LogP contribution in [-0.2, 0) is 79.4 Å². The van der Waals surface area contributed by atoms with E-state index in [9.17, 15) is 37.7 Å².